The quantitative estimate of drug-likeness (QED) is 0.678. The average molecular weight is 226 g/mol. The summed E-state index contributed by atoms with van der Waals surface area (Å²) in [5.41, 5.74) is 1.54. The fourth-order valence-electron chi connectivity index (χ4n) is 1.38. The van der Waals surface area contributed by atoms with Gasteiger partial charge in [-0.1, -0.05) is 17.9 Å². The molecule has 0 fully saturated rings. The standard InChI is InChI=1S/C15H11FO/c1-17-15-9-7-12(8-10-15)5-6-13-3-2-4-14(16)11-13/h2-4,7-11H,1H3. The molecular formula is C15H11FO. The predicted molar refractivity (Wildman–Crippen MR) is 65.4 cm³/mol. The Morgan fingerprint density at radius 1 is 0.941 bits per heavy atom. The van der Waals surface area contributed by atoms with Crippen molar-refractivity contribution in [2.24, 2.45) is 0 Å². The zero-order valence-corrected chi connectivity index (χ0v) is 9.41. The molecule has 0 atom stereocenters. The molecule has 0 aliphatic rings. The summed E-state index contributed by atoms with van der Waals surface area (Å²) in [7, 11) is 1.62. The third-order valence-electron chi connectivity index (χ3n) is 2.27. The van der Waals surface area contributed by atoms with Crippen LogP contribution in [-0.4, -0.2) is 7.11 Å². The second-order valence-electron chi connectivity index (χ2n) is 3.49. The number of rotatable bonds is 1. The smallest absolute Gasteiger partial charge is 0.124 e. The molecule has 0 radical (unpaired) electrons. The molecule has 0 aromatic heterocycles. The molecule has 0 saturated heterocycles. The van der Waals surface area contributed by atoms with Crippen molar-refractivity contribution in [1.29, 1.82) is 0 Å². The lowest BCUT2D eigenvalue weighted by molar-refractivity contribution is 0.415. The molecule has 2 rings (SSSR count). The highest BCUT2D eigenvalue weighted by atomic mass is 19.1. The second-order valence-corrected chi connectivity index (χ2v) is 3.49. The number of methoxy groups -OCH3 is 1. The van der Waals surface area contributed by atoms with Crippen molar-refractivity contribution in [1.82, 2.24) is 0 Å². The van der Waals surface area contributed by atoms with Crippen LogP contribution in [-0.2, 0) is 0 Å². The van der Waals surface area contributed by atoms with E-state index in [1.54, 1.807) is 19.2 Å². The molecule has 1 nitrogen and oxygen atoms in total. The van der Waals surface area contributed by atoms with Crippen LogP contribution in [0, 0.1) is 17.7 Å². The summed E-state index contributed by atoms with van der Waals surface area (Å²) < 4.78 is 18.0. The van der Waals surface area contributed by atoms with Crippen molar-refractivity contribution >= 4 is 0 Å². The van der Waals surface area contributed by atoms with Gasteiger partial charge in [-0.15, -0.1) is 0 Å². The molecule has 84 valence electrons. The van der Waals surface area contributed by atoms with Crippen LogP contribution in [0.25, 0.3) is 0 Å². The van der Waals surface area contributed by atoms with E-state index in [1.165, 1.54) is 12.1 Å². The highest BCUT2D eigenvalue weighted by molar-refractivity contribution is 5.44. The van der Waals surface area contributed by atoms with Gasteiger partial charge in [-0.05, 0) is 42.5 Å². The summed E-state index contributed by atoms with van der Waals surface area (Å²) in [6.45, 7) is 0. The molecule has 2 aromatic carbocycles. The molecule has 2 aromatic rings. The molecule has 17 heavy (non-hydrogen) atoms. The summed E-state index contributed by atoms with van der Waals surface area (Å²) in [6.07, 6.45) is 0. The van der Waals surface area contributed by atoms with Gasteiger partial charge in [0.25, 0.3) is 0 Å². The summed E-state index contributed by atoms with van der Waals surface area (Å²) in [6, 6.07) is 13.7. The van der Waals surface area contributed by atoms with Crippen molar-refractivity contribution in [3.63, 3.8) is 0 Å². The molecule has 0 bridgehead atoms. The average Bonchev–Trinajstić information content (AvgIpc) is 2.37. The van der Waals surface area contributed by atoms with E-state index >= 15 is 0 Å². The Morgan fingerprint density at radius 2 is 1.65 bits per heavy atom. The number of hydrogen-bond acceptors (Lipinski definition) is 1. The first-order chi connectivity index (χ1) is 8.28. The SMILES string of the molecule is COc1ccc(C#Cc2cccc(F)c2)cc1. The zero-order valence-electron chi connectivity index (χ0n) is 9.41. The highest BCUT2D eigenvalue weighted by Crippen LogP contribution is 2.10. The maximum Gasteiger partial charge on any atom is 0.124 e. The van der Waals surface area contributed by atoms with Gasteiger partial charge in [0.2, 0.25) is 0 Å². The molecule has 0 spiro atoms. The summed E-state index contributed by atoms with van der Waals surface area (Å²) in [5.74, 6) is 6.40. The van der Waals surface area contributed by atoms with E-state index in [4.69, 9.17) is 4.74 Å². The minimum Gasteiger partial charge on any atom is -0.497 e. The van der Waals surface area contributed by atoms with Crippen LogP contribution in [0.2, 0.25) is 0 Å². The molecule has 0 saturated carbocycles. The van der Waals surface area contributed by atoms with E-state index < -0.39 is 0 Å². The van der Waals surface area contributed by atoms with Crippen molar-refractivity contribution in [3.05, 3.63) is 65.5 Å². The Kier molecular flexibility index (Phi) is 3.42. The molecule has 0 aliphatic carbocycles. The normalized spacial score (nSPS) is 9.29. The molecular weight excluding hydrogens is 215 g/mol. The van der Waals surface area contributed by atoms with Crippen LogP contribution in [0.5, 0.6) is 5.75 Å². The zero-order chi connectivity index (χ0) is 12.1. The van der Waals surface area contributed by atoms with Crippen LogP contribution < -0.4 is 4.74 Å². The van der Waals surface area contributed by atoms with Crippen LogP contribution in [0.4, 0.5) is 4.39 Å². The van der Waals surface area contributed by atoms with E-state index in [9.17, 15) is 4.39 Å². The first kappa shape index (κ1) is 11.2. The Morgan fingerprint density at radius 3 is 2.29 bits per heavy atom. The Bertz CT molecular complexity index is 561. The van der Waals surface area contributed by atoms with Crippen molar-refractivity contribution in [3.8, 4) is 17.6 Å². The Balaban J connectivity index is 2.20. The summed E-state index contributed by atoms with van der Waals surface area (Å²) in [5, 5.41) is 0. The lowest BCUT2D eigenvalue weighted by atomic mass is 10.2. The third-order valence-corrected chi connectivity index (χ3v) is 2.27. The Labute approximate surface area is 99.9 Å². The van der Waals surface area contributed by atoms with Crippen molar-refractivity contribution < 1.29 is 9.13 Å². The van der Waals surface area contributed by atoms with Crippen molar-refractivity contribution in [2.45, 2.75) is 0 Å². The molecule has 0 amide bonds. The van der Waals surface area contributed by atoms with E-state index in [-0.39, 0.29) is 5.82 Å². The number of benzene rings is 2. The van der Waals surface area contributed by atoms with E-state index in [2.05, 4.69) is 11.8 Å². The molecule has 0 aliphatic heterocycles. The van der Waals surface area contributed by atoms with Gasteiger partial charge in [0, 0.05) is 11.1 Å². The number of ether oxygens (including phenoxy) is 1. The minimum absolute atomic E-state index is 0.272. The van der Waals surface area contributed by atoms with Gasteiger partial charge in [0.05, 0.1) is 7.11 Å². The third kappa shape index (κ3) is 3.09. The predicted octanol–water partition coefficient (Wildman–Crippen LogP) is 3.23. The summed E-state index contributed by atoms with van der Waals surface area (Å²) in [4.78, 5) is 0. The Hall–Kier alpha value is -2.27. The number of hydrogen-bond donors (Lipinski definition) is 0. The van der Waals surface area contributed by atoms with Gasteiger partial charge < -0.3 is 4.74 Å². The first-order valence-electron chi connectivity index (χ1n) is 5.19. The van der Waals surface area contributed by atoms with Gasteiger partial charge >= 0.3 is 0 Å². The monoisotopic (exact) mass is 226 g/mol. The lowest BCUT2D eigenvalue weighted by Gasteiger charge is -1.97. The highest BCUT2D eigenvalue weighted by Gasteiger charge is 1.91. The molecule has 2 heteroatoms. The summed E-state index contributed by atoms with van der Waals surface area (Å²) >= 11 is 0. The molecule has 0 heterocycles. The van der Waals surface area contributed by atoms with E-state index in [1.807, 2.05) is 24.3 Å². The lowest BCUT2D eigenvalue weighted by Crippen LogP contribution is -1.82. The maximum atomic E-state index is 12.9. The number of halogens is 1. The van der Waals surface area contributed by atoms with E-state index in [0.29, 0.717) is 5.56 Å². The van der Waals surface area contributed by atoms with Crippen LogP contribution in [0.1, 0.15) is 11.1 Å². The van der Waals surface area contributed by atoms with Crippen LogP contribution >= 0.6 is 0 Å². The van der Waals surface area contributed by atoms with Gasteiger partial charge in [-0.25, -0.2) is 4.39 Å². The van der Waals surface area contributed by atoms with Crippen molar-refractivity contribution in [2.75, 3.05) is 7.11 Å². The molecule has 0 N–H and O–H groups in total. The van der Waals surface area contributed by atoms with Crippen LogP contribution in [0.3, 0.4) is 0 Å². The van der Waals surface area contributed by atoms with E-state index in [0.717, 1.165) is 11.3 Å². The molecule has 0 unspecified atom stereocenters. The van der Waals surface area contributed by atoms with Gasteiger partial charge in [0.15, 0.2) is 0 Å². The first-order valence-corrected chi connectivity index (χ1v) is 5.19. The fourth-order valence-corrected chi connectivity index (χ4v) is 1.38. The topological polar surface area (TPSA) is 9.23 Å². The van der Waals surface area contributed by atoms with Gasteiger partial charge in [0.1, 0.15) is 11.6 Å². The maximum absolute atomic E-state index is 12.9. The largest absolute Gasteiger partial charge is 0.497 e. The van der Waals surface area contributed by atoms with Crippen LogP contribution in [0.15, 0.2) is 48.5 Å². The van der Waals surface area contributed by atoms with Gasteiger partial charge in [-0.2, -0.15) is 0 Å². The fraction of sp³-hybridized carbons (Fsp3) is 0.0667. The van der Waals surface area contributed by atoms with Gasteiger partial charge in [-0.3, -0.25) is 0 Å². The minimum atomic E-state index is -0.272. The second kappa shape index (κ2) is 5.18.